The zero-order chi connectivity index (χ0) is 19.5. The van der Waals surface area contributed by atoms with Crippen LogP contribution in [-0.2, 0) is 18.9 Å². The molecule has 1 saturated heterocycles. The van der Waals surface area contributed by atoms with Crippen molar-refractivity contribution in [1.29, 1.82) is 0 Å². The maximum Gasteiger partial charge on any atom is 0.163 e. The summed E-state index contributed by atoms with van der Waals surface area (Å²) in [5.41, 5.74) is 0. The lowest BCUT2D eigenvalue weighted by atomic mass is 10.0. The topological polar surface area (TPSA) is 36.9 Å². The van der Waals surface area contributed by atoms with E-state index in [0.29, 0.717) is 13.0 Å². The molecule has 0 bridgehead atoms. The summed E-state index contributed by atoms with van der Waals surface area (Å²) in [5.74, 6) is 10.5. The van der Waals surface area contributed by atoms with Crippen LogP contribution in [0.2, 0.25) is 0 Å². The summed E-state index contributed by atoms with van der Waals surface area (Å²) in [6.45, 7) is 10.2. The molecule has 0 saturated carbocycles. The van der Waals surface area contributed by atoms with Crippen molar-refractivity contribution in [3.63, 3.8) is 0 Å². The van der Waals surface area contributed by atoms with Crippen LogP contribution >= 0.6 is 0 Å². The number of rotatable bonds is 10. The Labute approximate surface area is 160 Å². The zero-order valence-electron chi connectivity index (χ0n) is 17.4. The van der Waals surface area contributed by atoms with Crippen LogP contribution in [0.15, 0.2) is 0 Å². The highest BCUT2D eigenvalue weighted by Gasteiger charge is 2.40. The number of methoxy groups -OCH3 is 1. The van der Waals surface area contributed by atoms with Gasteiger partial charge in [0, 0.05) is 13.5 Å². The molecule has 4 nitrogen and oxygen atoms in total. The molecule has 0 aromatic heterocycles. The summed E-state index contributed by atoms with van der Waals surface area (Å²) >= 11 is 0. The lowest BCUT2D eigenvalue weighted by molar-refractivity contribution is -0.188. The fraction of sp³-hybridized carbons (Fsp3) is 0.818. The predicted octanol–water partition coefficient (Wildman–Crippen LogP) is 4.66. The molecule has 1 aliphatic rings. The molecule has 1 aliphatic heterocycles. The highest BCUT2D eigenvalue weighted by Crippen LogP contribution is 2.32. The number of ether oxygens (including phenoxy) is 4. The van der Waals surface area contributed by atoms with Crippen LogP contribution in [0.4, 0.5) is 0 Å². The van der Waals surface area contributed by atoms with E-state index in [9.17, 15) is 0 Å². The van der Waals surface area contributed by atoms with Crippen molar-refractivity contribution < 1.29 is 18.9 Å². The molecular weight excluding hydrogens is 328 g/mol. The summed E-state index contributed by atoms with van der Waals surface area (Å²) in [7, 11) is 1.61. The zero-order valence-corrected chi connectivity index (χ0v) is 17.4. The molecule has 0 N–H and O–H groups in total. The van der Waals surface area contributed by atoms with Crippen LogP contribution in [0.3, 0.4) is 0 Å². The van der Waals surface area contributed by atoms with Gasteiger partial charge < -0.3 is 18.9 Å². The molecule has 0 aliphatic carbocycles. The molecule has 0 radical (unpaired) electrons. The fourth-order valence-electron chi connectivity index (χ4n) is 2.82. The fourth-order valence-corrected chi connectivity index (χ4v) is 2.82. The summed E-state index contributed by atoms with van der Waals surface area (Å²) in [6.07, 6.45) is 8.14. The van der Waals surface area contributed by atoms with Crippen molar-refractivity contribution in [2.24, 2.45) is 0 Å². The van der Waals surface area contributed by atoms with Gasteiger partial charge in [0.15, 0.2) is 11.6 Å². The van der Waals surface area contributed by atoms with E-state index in [4.69, 9.17) is 18.9 Å². The highest BCUT2D eigenvalue weighted by molar-refractivity contribution is 5.26. The van der Waals surface area contributed by atoms with Gasteiger partial charge in [0.2, 0.25) is 0 Å². The maximum atomic E-state index is 6.05. The van der Waals surface area contributed by atoms with E-state index >= 15 is 0 Å². The molecule has 148 valence electrons. The Morgan fingerprint density at radius 1 is 0.962 bits per heavy atom. The quantitative estimate of drug-likeness (QED) is 0.321. The Kier molecular flexibility index (Phi) is 10.3. The molecular formula is C22H36O4. The average molecular weight is 365 g/mol. The molecule has 1 heterocycles. The minimum absolute atomic E-state index is 0.0224. The minimum Gasteiger partial charge on any atom is -0.354 e. The smallest absolute Gasteiger partial charge is 0.163 e. The van der Waals surface area contributed by atoms with Gasteiger partial charge in [-0.3, -0.25) is 0 Å². The van der Waals surface area contributed by atoms with Crippen LogP contribution in [-0.4, -0.2) is 37.5 Å². The van der Waals surface area contributed by atoms with Crippen molar-refractivity contribution in [2.75, 3.05) is 13.7 Å². The van der Waals surface area contributed by atoms with Gasteiger partial charge in [-0.05, 0) is 46.0 Å². The molecule has 26 heavy (non-hydrogen) atoms. The van der Waals surface area contributed by atoms with E-state index in [1.54, 1.807) is 7.11 Å². The van der Waals surface area contributed by atoms with Crippen LogP contribution in [0.5, 0.6) is 0 Å². The molecule has 0 unspecified atom stereocenters. The van der Waals surface area contributed by atoms with Crippen LogP contribution in [0.25, 0.3) is 0 Å². The number of unbranched alkanes of at least 4 members (excludes halogenated alkanes) is 4. The molecule has 4 heteroatoms. The highest BCUT2D eigenvalue weighted by atomic mass is 16.7. The first-order valence-electron chi connectivity index (χ1n) is 9.80. The van der Waals surface area contributed by atoms with Crippen molar-refractivity contribution in [2.45, 2.75) is 103 Å². The first kappa shape index (κ1) is 23.0. The van der Waals surface area contributed by atoms with Crippen LogP contribution in [0, 0.1) is 23.7 Å². The van der Waals surface area contributed by atoms with E-state index in [-0.39, 0.29) is 12.2 Å². The third kappa shape index (κ3) is 9.60. The summed E-state index contributed by atoms with van der Waals surface area (Å²) in [4.78, 5) is 0. The van der Waals surface area contributed by atoms with Gasteiger partial charge in [-0.2, -0.15) is 0 Å². The van der Waals surface area contributed by atoms with Gasteiger partial charge in [0.05, 0.1) is 12.2 Å². The van der Waals surface area contributed by atoms with Crippen LogP contribution < -0.4 is 0 Å². The predicted molar refractivity (Wildman–Crippen MR) is 104 cm³/mol. The third-order valence-electron chi connectivity index (χ3n) is 4.40. The standard InChI is InChI=1S/C22H36O4/c1-7-8-9-10-13-16-19-20(26-22(4,5)25-19)17-14-11-12-15-18-24-21(2,3)23-6/h19-20H,7-10,13,16-18H2,1-6H3/t19-,20-/m1/s1. The van der Waals surface area contributed by atoms with Gasteiger partial charge in [-0.25, -0.2) is 0 Å². The summed E-state index contributed by atoms with van der Waals surface area (Å²) < 4.78 is 22.7. The van der Waals surface area contributed by atoms with Crippen molar-refractivity contribution >= 4 is 0 Å². The summed E-state index contributed by atoms with van der Waals surface area (Å²) in [6, 6.07) is 0. The Balaban J connectivity index is 2.39. The molecule has 2 atom stereocenters. The van der Waals surface area contributed by atoms with Crippen molar-refractivity contribution in [3.8, 4) is 23.7 Å². The second kappa shape index (κ2) is 11.6. The lowest BCUT2D eigenvalue weighted by Crippen LogP contribution is -2.26. The molecule has 0 amide bonds. The van der Waals surface area contributed by atoms with Gasteiger partial charge in [0.25, 0.3) is 0 Å². The minimum atomic E-state index is -0.618. The summed E-state index contributed by atoms with van der Waals surface area (Å²) in [5, 5.41) is 0. The molecule has 1 rings (SSSR count). The SMILES string of the molecule is CCCCCCC[C@H]1OC(C)(C)O[C@@H]1CC#CC#CCOC(C)(C)OC. The first-order valence-corrected chi connectivity index (χ1v) is 9.80. The van der Waals surface area contributed by atoms with Gasteiger partial charge in [-0.15, -0.1) is 0 Å². The Morgan fingerprint density at radius 3 is 2.31 bits per heavy atom. The third-order valence-corrected chi connectivity index (χ3v) is 4.40. The van der Waals surface area contributed by atoms with Gasteiger partial charge in [0.1, 0.15) is 6.61 Å². The number of hydrogen-bond acceptors (Lipinski definition) is 4. The van der Waals surface area contributed by atoms with E-state index < -0.39 is 11.6 Å². The molecule has 0 aromatic rings. The molecule has 0 spiro atoms. The van der Waals surface area contributed by atoms with E-state index in [1.165, 1.54) is 32.1 Å². The average Bonchev–Trinajstić information content (AvgIpc) is 2.87. The Morgan fingerprint density at radius 2 is 1.62 bits per heavy atom. The van der Waals surface area contributed by atoms with E-state index in [1.807, 2.05) is 27.7 Å². The second-order valence-corrected chi connectivity index (χ2v) is 7.62. The molecule has 1 fully saturated rings. The van der Waals surface area contributed by atoms with E-state index in [0.717, 1.165) is 6.42 Å². The van der Waals surface area contributed by atoms with E-state index in [2.05, 4.69) is 30.6 Å². The monoisotopic (exact) mass is 364 g/mol. The molecule has 0 aromatic carbocycles. The Hall–Kier alpha value is -1.04. The normalized spacial score (nSPS) is 21.6. The second-order valence-electron chi connectivity index (χ2n) is 7.62. The largest absolute Gasteiger partial charge is 0.354 e. The van der Waals surface area contributed by atoms with Gasteiger partial charge in [-0.1, -0.05) is 50.9 Å². The van der Waals surface area contributed by atoms with Gasteiger partial charge >= 0.3 is 0 Å². The van der Waals surface area contributed by atoms with Crippen LogP contribution in [0.1, 0.15) is 79.6 Å². The number of hydrogen-bond donors (Lipinski definition) is 0. The Bertz CT molecular complexity index is 516. The first-order chi connectivity index (χ1) is 12.3. The lowest BCUT2D eigenvalue weighted by Gasteiger charge is -2.21. The maximum absolute atomic E-state index is 6.05. The van der Waals surface area contributed by atoms with Crippen molar-refractivity contribution in [3.05, 3.63) is 0 Å². The van der Waals surface area contributed by atoms with Crippen molar-refractivity contribution in [1.82, 2.24) is 0 Å².